The standard InChI is InChI=1S/C28H26N4O2S/c1-16-5-8-19(9-6-16)26-23-24(21-15-17(2)7-14-22(21)34-26)29-27-30-28(35-4)31-32(27)25(23)18-10-12-20(33-3)13-11-18/h5-15,25-26H,1-4H3,(H,29,30,31). The van der Waals surface area contributed by atoms with E-state index in [1.165, 1.54) is 22.9 Å². The predicted octanol–water partition coefficient (Wildman–Crippen LogP) is 6.19. The average Bonchev–Trinajstić information content (AvgIpc) is 3.31. The number of ether oxygens (including phenoxy) is 2. The van der Waals surface area contributed by atoms with Crippen molar-refractivity contribution in [1.82, 2.24) is 14.8 Å². The summed E-state index contributed by atoms with van der Waals surface area (Å²) >= 11 is 1.53. The molecule has 2 unspecified atom stereocenters. The van der Waals surface area contributed by atoms with Crippen molar-refractivity contribution in [1.29, 1.82) is 0 Å². The molecule has 0 bridgehead atoms. The minimum atomic E-state index is -0.282. The molecule has 2 aliphatic rings. The van der Waals surface area contributed by atoms with Gasteiger partial charge in [0.1, 0.15) is 23.6 Å². The van der Waals surface area contributed by atoms with Crippen LogP contribution in [0.25, 0.3) is 5.70 Å². The minimum Gasteiger partial charge on any atom is -0.497 e. The summed E-state index contributed by atoms with van der Waals surface area (Å²) in [5.41, 5.74) is 7.77. The third kappa shape index (κ3) is 3.67. The number of thioether (sulfide) groups is 1. The maximum Gasteiger partial charge on any atom is 0.227 e. The Hall–Kier alpha value is -3.71. The third-order valence-corrected chi connectivity index (χ3v) is 7.14. The Morgan fingerprint density at radius 1 is 0.943 bits per heavy atom. The summed E-state index contributed by atoms with van der Waals surface area (Å²) in [5, 5.41) is 9.21. The number of aryl methyl sites for hydroxylation is 2. The molecule has 0 fully saturated rings. The second-order valence-corrected chi connectivity index (χ2v) is 9.68. The summed E-state index contributed by atoms with van der Waals surface area (Å²) in [4.78, 5) is 4.78. The van der Waals surface area contributed by atoms with Crippen LogP contribution in [0.15, 0.2) is 77.5 Å². The van der Waals surface area contributed by atoms with Gasteiger partial charge in [-0.2, -0.15) is 4.98 Å². The summed E-state index contributed by atoms with van der Waals surface area (Å²) in [7, 11) is 1.68. The van der Waals surface area contributed by atoms with Crippen molar-refractivity contribution in [2.45, 2.75) is 31.1 Å². The van der Waals surface area contributed by atoms with E-state index in [2.05, 4.69) is 73.8 Å². The molecule has 0 saturated heterocycles. The number of anilines is 1. The van der Waals surface area contributed by atoms with Crippen molar-refractivity contribution < 1.29 is 9.47 Å². The van der Waals surface area contributed by atoms with Gasteiger partial charge in [0.2, 0.25) is 11.1 Å². The Bertz CT molecular complexity index is 1440. The van der Waals surface area contributed by atoms with Crippen LogP contribution in [0.3, 0.4) is 0 Å². The Morgan fingerprint density at radius 2 is 1.66 bits per heavy atom. The topological polar surface area (TPSA) is 61.2 Å². The number of rotatable bonds is 4. The Labute approximate surface area is 209 Å². The van der Waals surface area contributed by atoms with Crippen LogP contribution >= 0.6 is 11.8 Å². The van der Waals surface area contributed by atoms with E-state index in [1.54, 1.807) is 7.11 Å². The second kappa shape index (κ2) is 8.50. The average molecular weight is 483 g/mol. The molecule has 4 aromatic rings. The highest BCUT2D eigenvalue weighted by Crippen LogP contribution is 2.51. The van der Waals surface area contributed by atoms with Crippen LogP contribution in [0.1, 0.15) is 40.0 Å². The van der Waals surface area contributed by atoms with Gasteiger partial charge in [0, 0.05) is 11.1 Å². The molecule has 6 rings (SSSR count). The van der Waals surface area contributed by atoms with Gasteiger partial charge in [0.15, 0.2) is 0 Å². The van der Waals surface area contributed by atoms with Crippen LogP contribution in [0.2, 0.25) is 0 Å². The molecule has 35 heavy (non-hydrogen) atoms. The van der Waals surface area contributed by atoms with Gasteiger partial charge in [-0.15, -0.1) is 5.10 Å². The fraction of sp³-hybridized carbons (Fsp3) is 0.214. The molecule has 1 N–H and O–H groups in total. The van der Waals surface area contributed by atoms with E-state index in [-0.39, 0.29) is 12.1 Å². The van der Waals surface area contributed by atoms with Gasteiger partial charge in [-0.3, -0.25) is 0 Å². The first-order chi connectivity index (χ1) is 17.1. The van der Waals surface area contributed by atoms with Crippen LogP contribution in [0.5, 0.6) is 11.5 Å². The molecule has 2 atom stereocenters. The van der Waals surface area contributed by atoms with E-state index in [1.807, 2.05) is 23.1 Å². The first-order valence-corrected chi connectivity index (χ1v) is 12.8. The molecule has 1 aromatic heterocycles. The van der Waals surface area contributed by atoms with Gasteiger partial charge < -0.3 is 14.8 Å². The van der Waals surface area contributed by atoms with E-state index >= 15 is 0 Å². The van der Waals surface area contributed by atoms with Crippen LogP contribution in [0.4, 0.5) is 5.95 Å². The maximum absolute atomic E-state index is 6.74. The highest BCUT2D eigenvalue weighted by atomic mass is 32.2. The molecule has 0 radical (unpaired) electrons. The predicted molar refractivity (Wildman–Crippen MR) is 139 cm³/mol. The highest BCUT2D eigenvalue weighted by Gasteiger charge is 2.41. The van der Waals surface area contributed by atoms with Crippen LogP contribution in [-0.2, 0) is 0 Å². The first kappa shape index (κ1) is 21.8. The van der Waals surface area contributed by atoms with Crippen molar-refractivity contribution in [3.63, 3.8) is 0 Å². The number of hydrogen-bond donors (Lipinski definition) is 1. The first-order valence-electron chi connectivity index (χ1n) is 11.6. The van der Waals surface area contributed by atoms with Crippen molar-refractivity contribution in [2.75, 3.05) is 18.7 Å². The summed E-state index contributed by atoms with van der Waals surface area (Å²) in [6.45, 7) is 4.20. The normalized spacial score (nSPS) is 18.2. The number of hydrogen-bond acceptors (Lipinski definition) is 6. The lowest BCUT2D eigenvalue weighted by Gasteiger charge is -2.39. The van der Waals surface area contributed by atoms with Gasteiger partial charge >= 0.3 is 0 Å². The van der Waals surface area contributed by atoms with Gasteiger partial charge in [0.25, 0.3) is 0 Å². The molecule has 3 aromatic carbocycles. The van der Waals surface area contributed by atoms with Gasteiger partial charge in [-0.1, -0.05) is 65.4 Å². The van der Waals surface area contributed by atoms with Gasteiger partial charge in [0.05, 0.1) is 12.8 Å². The third-order valence-electron chi connectivity index (χ3n) is 6.60. The number of aromatic nitrogens is 3. The Balaban J connectivity index is 1.62. The van der Waals surface area contributed by atoms with Crippen molar-refractivity contribution in [3.8, 4) is 11.5 Å². The molecule has 0 aliphatic carbocycles. The largest absolute Gasteiger partial charge is 0.497 e. The molecule has 0 spiro atoms. The molecule has 176 valence electrons. The lowest BCUT2D eigenvalue weighted by molar-refractivity contribution is 0.223. The van der Waals surface area contributed by atoms with E-state index in [0.717, 1.165) is 50.6 Å². The van der Waals surface area contributed by atoms with E-state index < -0.39 is 0 Å². The number of benzene rings is 3. The number of fused-ring (bicyclic) bond motifs is 3. The summed E-state index contributed by atoms with van der Waals surface area (Å²) in [5.74, 6) is 2.40. The number of nitrogens with zero attached hydrogens (tertiary/aromatic N) is 3. The molecule has 6 nitrogen and oxygen atoms in total. The smallest absolute Gasteiger partial charge is 0.227 e. The van der Waals surface area contributed by atoms with E-state index in [0.29, 0.717) is 0 Å². The zero-order valence-corrected chi connectivity index (χ0v) is 20.9. The zero-order chi connectivity index (χ0) is 24.1. The zero-order valence-electron chi connectivity index (χ0n) is 20.1. The van der Waals surface area contributed by atoms with Crippen molar-refractivity contribution in [3.05, 3.63) is 100 Å². The minimum absolute atomic E-state index is 0.194. The molecule has 3 heterocycles. The summed E-state index contributed by atoms with van der Waals surface area (Å²) in [6.07, 6.45) is 1.71. The molecule has 2 aliphatic heterocycles. The van der Waals surface area contributed by atoms with Crippen LogP contribution < -0.4 is 14.8 Å². The SMILES string of the molecule is COc1ccc(C2C3=C(Nc4nc(SC)nn42)c2cc(C)ccc2OC3c2ccc(C)cc2)cc1. The molecule has 0 amide bonds. The maximum atomic E-state index is 6.74. The number of nitrogens with one attached hydrogen (secondary N) is 1. The van der Waals surface area contributed by atoms with Crippen molar-refractivity contribution >= 4 is 23.4 Å². The monoisotopic (exact) mass is 482 g/mol. The van der Waals surface area contributed by atoms with Crippen LogP contribution in [0, 0.1) is 13.8 Å². The van der Waals surface area contributed by atoms with Gasteiger partial charge in [-0.25, -0.2) is 4.68 Å². The van der Waals surface area contributed by atoms with E-state index in [4.69, 9.17) is 19.6 Å². The fourth-order valence-electron chi connectivity index (χ4n) is 4.83. The molecule has 7 heteroatoms. The molecular formula is C28H26N4O2S. The Kier molecular flexibility index (Phi) is 5.29. The van der Waals surface area contributed by atoms with E-state index in [9.17, 15) is 0 Å². The lowest BCUT2D eigenvalue weighted by atomic mass is 9.84. The number of methoxy groups -OCH3 is 1. The second-order valence-electron chi connectivity index (χ2n) is 8.91. The summed E-state index contributed by atoms with van der Waals surface area (Å²) in [6, 6.07) is 22.9. The molecular weight excluding hydrogens is 456 g/mol. The fourth-order valence-corrected chi connectivity index (χ4v) is 5.18. The molecule has 0 saturated carbocycles. The highest BCUT2D eigenvalue weighted by molar-refractivity contribution is 7.98. The summed E-state index contributed by atoms with van der Waals surface area (Å²) < 4.78 is 14.2. The Morgan fingerprint density at radius 3 is 2.37 bits per heavy atom. The quantitative estimate of drug-likeness (QED) is 0.350. The van der Waals surface area contributed by atoms with Crippen LogP contribution in [-0.4, -0.2) is 28.1 Å². The van der Waals surface area contributed by atoms with Gasteiger partial charge in [-0.05, 0) is 55.5 Å². The van der Waals surface area contributed by atoms with Crippen molar-refractivity contribution in [2.24, 2.45) is 0 Å². The lowest BCUT2D eigenvalue weighted by Crippen LogP contribution is -2.32.